The summed E-state index contributed by atoms with van der Waals surface area (Å²) in [5.74, 6) is 0.564. The zero-order valence-electron chi connectivity index (χ0n) is 10.6. The third kappa shape index (κ3) is 4.00. The number of nitrogens with one attached hydrogen (secondary N) is 1. The lowest BCUT2D eigenvalue weighted by Crippen LogP contribution is -2.35. The van der Waals surface area contributed by atoms with Gasteiger partial charge in [-0.1, -0.05) is 13.8 Å². The van der Waals surface area contributed by atoms with Gasteiger partial charge in [-0.25, -0.2) is 9.97 Å². The van der Waals surface area contributed by atoms with Gasteiger partial charge in [0, 0.05) is 25.0 Å². The van der Waals surface area contributed by atoms with Gasteiger partial charge in [-0.15, -0.1) is 0 Å². The van der Waals surface area contributed by atoms with Crippen molar-refractivity contribution in [3.63, 3.8) is 0 Å². The van der Waals surface area contributed by atoms with Crippen LogP contribution in [0.5, 0.6) is 0 Å². The van der Waals surface area contributed by atoms with Crippen LogP contribution in [0, 0.1) is 11.3 Å². The summed E-state index contributed by atoms with van der Waals surface area (Å²) in [5.41, 5.74) is 0.346. The summed E-state index contributed by atoms with van der Waals surface area (Å²) in [6.45, 7) is 9.32. The van der Waals surface area contributed by atoms with Crippen molar-refractivity contribution in [2.45, 2.75) is 26.8 Å². The van der Waals surface area contributed by atoms with Gasteiger partial charge in [0.25, 0.3) is 0 Å². The quantitative estimate of drug-likeness (QED) is 0.806. The fraction of sp³-hybridized carbons (Fsp3) is 0.583. The number of nitriles is 1. The van der Waals surface area contributed by atoms with Gasteiger partial charge in [0.15, 0.2) is 11.5 Å². The first-order valence-corrected chi connectivity index (χ1v) is 5.91. The summed E-state index contributed by atoms with van der Waals surface area (Å²) in [6, 6.07) is 2.27. The molecule has 0 bridgehead atoms. The summed E-state index contributed by atoms with van der Waals surface area (Å²) in [7, 11) is 0. The van der Waals surface area contributed by atoms with Crippen LogP contribution < -0.4 is 5.32 Å². The Kier molecular flexibility index (Phi) is 5.37. The van der Waals surface area contributed by atoms with Crippen LogP contribution in [0.1, 0.15) is 26.5 Å². The predicted octanol–water partition coefficient (Wildman–Crippen LogP) is 1.49. The third-order valence-corrected chi connectivity index (χ3v) is 2.61. The van der Waals surface area contributed by atoms with Crippen molar-refractivity contribution in [2.75, 3.05) is 25.0 Å². The Bertz CT molecular complexity index is 381. The number of anilines is 1. The van der Waals surface area contributed by atoms with Crippen LogP contribution >= 0.6 is 0 Å². The van der Waals surface area contributed by atoms with Gasteiger partial charge >= 0.3 is 0 Å². The first-order valence-electron chi connectivity index (χ1n) is 5.91. The van der Waals surface area contributed by atoms with Crippen LogP contribution in [0.15, 0.2) is 12.4 Å². The van der Waals surface area contributed by atoms with Crippen molar-refractivity contribution in [3.8, 4) is 6.07 Å². The summed E-state index contributed by atoms with van der Waals surface area (Å²) in [6.07, 6.45) is 3.12. The average molecular weight is 233 g/mol. The smallest absolute Gasteiger partial charge is 0.182 e. The number of hydrogen-bond acceptors (Lipinski definition) is 5. The second-order valence-electron chi connectivity index (χ2n) is 3.90. The lowest BCUT2D eigenvalue weighted by atomic mass is 10.3. The summed E-state index contributed by atoms with van der Waals surface area (Å²) in [4.78, 5) is 10.4. The predicted molar refractivity (Wildman–Crippen MR) is 67.6 cm³/mol. The van der Waals surface area contributed by atoms with Gasteiger partial charge in [-0.3, -0.25) is 0 Å². The highest BCUT2D eigenvalue weighted by molar-refractivity contribution is 5.47. The van der Waals surface area contributed by atoms with Crippen LogP contribution in [0.4, 0.5) is 5.82 Å². The summed E-state index contributed by atoms with van der Waals surface area (Å²) in [5, 5.41) is 12.1. The molecule has 0 amide bonds. The normalized spacial score (nSPS) is 12.2. The van der Waals surface area contributed by atoms with Crippen LogP contribution in [0.25, 0.3) is 0 Å². The van der Waals surface area contributed by atoms with Crippen molar-refractivity contribution in [2.24, 2.45) is 0 Å². The molecule has 0 aromatic carbocycles. The van der Waals surface area contributed by atoms with E-state index in [0.29, 0.717) is 11.5 Å². The first kappa shape index (κ1) is 13.4. The number of nitrogens with zero attached hydrogens (tertiary/aromatic N) is 4. The highest BCUT2D eigenvalue weighted by Gasteiger charge is 2.10. The Labute approximate surface area is 102 Å². The zero-order valence-corrected chi connectivity index (χ0v) is 10.6. The van der Waals surface area contributed by atoms with Crippen molar-refractivity contribution >= 4 is 5.82 Å². The average Bonchev–Trinajstić information content (AvgIpc) is 2.36. The minimum absolute atomic E-state index is 0.235. The topological polar surface area (TPSA) is 64.8 Å². The molecule has 0 spiro atoms. The van der Waals surface area contributed by atoms with E-state index < -0.39 is 0 Å². The van der Waals surface area contributed by atoms with Gasteiger partial charge in [0.1, 0.15) is 6.07 Å². The molecule has 0 saturated carbocycles. The fourth-order valence-electron chi connectivity index (χ4n) is 1.67. The molecule has 0 saturated heterocycles. The molecule has 1 atom stereocenters. The molecular formula is C12H19N5. The molecule has 17 heavy (non-hydrogen) atoms. The molecule has 1 aromatic heterocycles. The van der Waals surface area contributed by atoms with E-state index in [1.807, 2.05) is 6.07 Å². The molecule has 0 radical (unpaired) electrons. The van der Waals surface area contributed by atoms with Crippen LogP contribution in [0.2, 0.25) is 0 Å². The van der Waals surface area contributed by atoms with Gasteiger partial charge in [0.2, 0.25) is 0 Å². The maximum Gasteiger partial charge on any atom is 0.182 e. The lowest BCUT2D eigenvalue weighted by Gasteiger charge is -2.23. The van der Waals surface area contributed by atoms with Crippen LogP contribution in [-0.4, -0.2) is 40.5 Å². The molecule has 92 valence electrons. The maximum absolute atomic E-state index is 8.90. The fourth-order valence-corrected chi connectivity index (χ4v) is 1.67. The van der Waals surface area contributed by atoms with Crippen molar-refractivity contribution in [1.82, 2.24) is 14.9 Å². The van der Waals surface area contributed by atoms with E-state index in [9.17, 15) is 0 Å². The minimum atomic E-state index is 0.235. The van der Waals surface area contributed by atoms with E-state index >= 15 is 0 Å². The molecule has 1 rings (SSSR count). The van der Waals surface area contributed by atoms with Gasteiger partial charge in [-0.2, -0.15) is 5.26 Å². The molecule has 0 fully saturated rings. The van der Waals surface area contributed by atoms with Crippen LogP contribution in [-0.2, 0) is 0 Å². The van der Waals surface area contributed by atoms with E-state index in [-0.39, 0.29) is 6.04 Å². The number of aromatic nitrogens is 2. The Balaban J connectivity index is 2.62. The highest BCUT2D eigenvalue weighted by atomic mass is 15.2. The van der Waals surface area contributed by atoms with Crippen molar-refractivity contribution in [3.05, 3.63) is 18.1 Å². The standard InChI is InChI=1S/C12H19N5/c1-4-17(5-2)9-10(3)16-12-11(8-13)14-6-7-15-12/h6-7,10H,4-5,9H2,1-3H3,(H,15,16). The van der Waals surface area contributed by atoms with E-state index in [0.717, 1.165) is 19.6 Å². The van der Waals surface area contributed by atoms with Crippen molar-refractivity contribution < 1.29 is 0 Å². The molecule has 1 aromatic rings. The molecule has 0 aliphatic carbocycles. The van der Waals surface area contributed by atoms with E-state index in [2.05, 4.69) is 41.0 Å². The molecule has 0 aliphatic rings. The van der Waals surface area contributed by atoms with Gasteiger partial charge in [-0.05, 0) is 20.0 Å². The Hall–Kier alpha value is -1.67. The largest absolute Gasteiger partial charge is 0.364 e. The number of rotatable bonds is 6. The Morgan fingerprint density at radius 1 is 1.35 bits per heavy atom. The molecule has 1 N–H and O–H groups in total. The van der Waals surface area contributed by atoms with Crippen molar-refractivity contribution in [1.29, 1.82) is 5.26 Å². The minimum Gasteiger partial charge on any atom is -0.364 e. The molecule has 0 aliphatic heterocycles. The van der Waals surface area contributed by atoms with E-state index in [4.69, 9.17) is 5.26 Å². The van der Waals surface area contributed by atoms with E-state index in [1.54, 1.807) is 6.20 Å². The van der Waals surface area contributed by atoms with Gasteiger partial charge < -0.3 is 10.2 Å². The molecular weight excluding hydrogens is 214 g/mol. The highest BCUT2D eigenvalue weighted by Crippen LogP contribution is 2.08. The number of likely N-dealkylation sites (N-methyl/N-ethyl adjacent to an activating group) is 1. The second kappa shape index (κ2) is 6.81. The number of hydrogen-bond donors (Lipinski definition) is 1. The summed E-state index contributed by atoms with van der Waals surface area (Å²) < 4.78 is 0. The first-order chi connectivity index (χ1) is 8.21. The Morgan fingerprint density at radius 3 is 2.59 bits per heavy atom. The molecule has 5 heteroatoms. The summed E-state index contributed by atoms with van der Waals surface area (Å²) >= 11 is 0. The zero-order chi connectivity index (χ0) is 12.7. The monoisotopic (exact) mass is 233 g/mol. The SMILES string of the molecule is CCN(CC)CC(C)Nc1nccnc1C#N. The third-order valence-electron chi connectivity index (χ3n) is 2.61. The second-order valence-corrected chi connectivity index (χ2v) is 3.90. The Morgan fingerprint density at radius 2 is 2.00 bits per heavy atom. The molecule has 5 nitrogen and oxygen atoms in total. The lowest BCUT2D eigenvalue weighted by molar-refractivity contribution is 0.294. The maximum atomic E-state index is 8.90. The molecule has 1 unspecified atom stereocenters. The van der Waals surface area contributed by atoms with Gasteiger partial charge in [0.05, 0.1) is 0 Å². The van der Waals surface area contributed by atoms with Crippen LogP contribution in [0.3, 0.4) is 0 Å². The molecule has 1 heterocycles. The van der Waals surface area contributed by atoms with E-state index in [1.165, 1.54) is 6.20 Å².